The summed E-state index contributed by atoms with van der Waals surface area (Å²) in [6, 6.07) is 35.4. The van der Waals surface area contributed by atoms with Crippen LogP contribution in [0.15, 0.2) is 131 Å². The maximum atomic E-state index is 12.5. The van der Waals surface area contributed by atoms with E-state index in [1.165, 1.54) is 18.3 Å². The second kappa shape index (κ2) is 10.9. The second-order valence-corrected chi connectivity index (χ2v) is 9.84. The van der Waals surface area contributed by atoms with Crippen LogP contribution in [0.2, 0.25) is 0 Å². The van der Waals surface area contributed by atoms with E-state index in [1.807, 2.05) is 91.1 Å². The average Bonchev–Trinajstić information content (AvgIpc) is 3.38. The van der Waals surface area contributed by atoms with Crippen molar-refractivity contribution in [3.8, 4) is 22.7 Å². The van der Waals surface area contributed by atoms with Crippen molar-refractivity contribution in [1.82, 2.24) is 14.6 Å². The van der Waals surface area contributed by atoms with Gasteiger partial charge in [-0.1, -0.05) is 66.7 Å². The molecule has 0 saturated carbocycles. The van der Waals surface area contributed by atoms with E-state index in [4.69, 9.17) is 9.84 Å². The van der Waals surface area contributed by atoms with Crippen LogP contribution in [-0.4, -0.2) is 24.4 Å². The van der Waals surface area contributed by atoms with Crippen molar-refractivity contribution in [2.45, 2.75) is 11.5 Å². The molecule has 1 N–H and O–H groups in total. The predicted molar refractivity (Wildman–Crippen MR) is 144 cm³/mol. The molecule has 4 aromatic carbocycles. The Morgan fingerprint density at radius 1 is 0.811 bits per heavy atom. The van der Waals surface area contributed by atoms with Gasteiger partial charge in [0.15, 0.2) is 0 Å². The summed E-state index contributed by atoms with van der Waals surface area (Å²) in [6.45, 7) is 0.474. The summed E-state index contributed by atoms with van der Waals surface area (Å²) in [5, 5.41) is 8.78. The molecule has 0 radical (unpaired) electrons. The number of hydrogen-bond acceptors (Lipinski definition) is 5. The molecule has 0 aliphatic carbocycles. The molecule has 184 valence electrons. The summed E-state index contributed by atoms with van der Waals surface area (Å²) in [7, 11) is -3.78. The van der Waals surface area contributed by atoms with Crippen LogP contribution in [0.4, 0.5) is 0 Å². The summed E-state index contributed by atoms with van der Waals surface area (Å²) in [5.41, 5.74) is 4.11. The highest BCUT2D eigenvalue weighted by atomic mass is 32.2. The maximum absolute atomic E-state index is 12.5. The van der Waals surface area contributed by atoms with E-state index in [0.717, 1.165) is 22.6 Å². The first kappa shape index (κ1) is 24.0. The van der Waals surface area contributed by atoms with Crippen molar-refractivity contribution in [1.29, 1.82) is 0 Å². The normalized spacial score (nSPS) is 11.5. The van der Waals surface area contributed by atoms with Crippen molar-refractivity contribution in [3.63, 3.8) is 0 Å². The molecule has 0 saturated heterocycles. The Balaban J connectivity index is 1.40. The van der Waals surface area contributed by atoms with Gasteiger partial charge in [0, 0.05) is 17.3 Å². The first-order valence-electron chi connectivity index (χ1n) is 11.6. The molecule has 1 aromatic heterocycles. The Bertz CT molecular complexity index is 1580. The summed E-state index contributed by atoms with van der Waals surface area (Å²) in [6.07, 6.45) is 3.27. The molecular weight excluding hydrogens is 484 g/mol. The Hall–Kier alpha value is -4.69. The van der Waals surface area contributed by atoms with E-state index in [-0.39, 0.29) is 4.90 Å². The second-order valence-electron chi connectivity index (χ2n) is 8.18. The van der Waals surface area contributed by atoms with Crippen molar-refractivity contribution in [2.75, 3.05) is 0 Å². The van der Waals surface area contributed by atoms with Gasteiger partial charge in [0.1, 0.15) is 18.1 Å². The lowest BCUT2D eigenvalue weighted by Crippen LogP contribution is -2.18. The molecule has 0 aliphatic heterocycles. The Labute approximate surface area is 215 Å². The van der Waals surface area contributed by atoms with Gasteiger partial charge in [-0.15, -0.1) is 0 Å². The lowest BCUT2D eigenvalue weighted by molar-refractivity contribution is 0.306. The number of nitrogens with zero attached hydrogens (tertiary/aromatic N) is 3. The van der Waals surface area contributed by atoms with E-state index >= 15 is 0 Å². The number of nitrogens with one attached hydrogen (secondary N) is 1. The number of hydrogen-bond donors (Lipinski definition) is 1. The smallest absolute Gasteiger partial charge is 0.276 e. The fourth-order valence-electron chi connectivity index (χ4n) is 3.69. The minimum absolute atomic E-state index is 0.137. The predicted octanol–water partition coefficient (Wildman–Crippen LogP) is 5.43. The SMILES string of the molecule is O=S(=O)(N/N=C\c1cn(-c2ccccc2)nc1-c1ccc(OCc2ccccc2)cc1)c1ccccc1. The van der Waals surface area contributed by atoms with E-state index < -0.39 is 10.0 Å². The topological polar surface area (TPSA) is 85.6 Å². The summed E-state index contributed by atoms with van der Waals surface area (Å²) >= 11 is 0. The quantitative estimate of drug-likeness (QED) is 0.213. The van der Waals surface area contributed by atoms with Crippen LogP contribution >= 0.6 is 0 Å². The van der Waals surface area contributed by atoms with E-state index in [1.54, 1.807) is 22.9 Å². The molecule has 7 nitrogen and oxygen atoms in total. The van der Waals surface area contributed by atoms with Gasteiger partial charge < -0.3 is 4.74 Å². The first-order chi connectivity index (χ1) is 18.1. The molecule has 0 atom stereocenters. The summed E-state index contributed by atoms with van der Waals surface area (Å²) in [5.74, 6) is 0.737. The summed E-state index contributed by atoms with van der Waals surface area (Å²) in [4.78, 5) is 2.41. The Morgan fingerprint density at radius 2 is 1.43 bits per heavy atom. The molecule has 5 aromatic rings. The summed E-state index contributed by atoms with van der Waals surface area (Å²) < 4.78 is 32.7. The molecule has 1 heterocycles. The largest absolute Gasteiger partial charge is 0.489 e. The molecular formula is C29H24N4O3S. The number of benzene rings is 4. The fourth-order valence-corrected chi connectivity index (χ4v) is 4.50. The minimum Gasteiger partial charge on any atom is -0.489 e. The molecule has 0 aliphatic rings. The van der Waals surface area contributed by atoms with Gasteiger partial charge >= 0.3 is 0 Å². The number of rotatable bonds is 9. The average molecular weight is 509 g/mol. The van der Waals surface area contributed by atoms with E-state index in [9.17, 15) is 8.42 Å². The Morgan fingerprint density at radius 3 is 2.11 bits per heavy atom. The monoisotopic (exact) mass is 508 g/mol. The van der Waals surface area contributed by atoms with Crippen LogP contribution in [0.5, 0.6) is 5.75 Å². The minimum atomic E-state index is -3.78. The number of ether oxygens (including phenoxy) is 1. The van der Waals surface area contributed by atoms with Gasteiger partial charge in [-0.2, -0.15) is 18.6 Å². The third-order valence-electron chi connectivity index (χ3n) is 5.57. The molecule has 0 spiro atoms. The maximum Gasteiger partial charge on any atom is 0.276 e. The van der Waals surface area contributed by atoms with Gasteiger partial charge in [-0.25, -0.2) is 9.51 Å². The zero-order valence-electron chi connectivity index (χ0n) is 19.8. The van der Waals surface area contributed by atoms with Gasteiger partial charge in [0.05, 0.1) is 16.8 Å². The third kappa shape index (κ3) is 5.94. The van der Waals surface area contributed by atoms with Crippen LogP contribution in [-0.2, 0) is 16.6 Å². The van der Waals surface area contributed by atoms with Gasteiger partial charge in [0.2, 0.25) is 0 Å². The van der Waals surface area contributed by atoms with Crippen LogP contribution in [0.1, 0.15) is 11.1 Å². The zero-order chi connectivity index (χ0) is 25.5. The highest BCUT2D eigenvalue weighted by molar-refractivity contribution is 7.89. The fraction of sp³-hybridized carbons (Fsp3) is 0.0345. The number of sulfonamides is 1. The molecule has 5 rings (SSSR count). The van der Waals surface area contributed by atoms with Gasteiger partial charge in [-0.05, 0) is 54.1 Å². The van der Waals surface area contributed by atoms with Crippen molar-refractivity contribution < 1.29 is 13.2 Å². The lowest BCUT2D eigenvalue weighted by Gasteiger charge is -2.07. The van der Waals surface area contributed by atoms with Crippen LogP contribution < -0.4 is 9.57 Å². The van der Waals surface area contributed by atoms with Crippen molar-refractivity contribution >= 4 is 16.2 Å². The molecule has 0 amide bonds. The van der Waals surface area contributed by atoms with Crippen LogP contribution in [0.3, 0.4) is 0 Å². The third-order valence-corrected chi connectivity index (χ3v) is 6.81. The number of para-hydroxylation sites is 1. The van der Waals surface area contributed by atoms with Gasteiger partial charge in [0.25, 0.3) is 10.0 Å². The molecule has 8 heteroatoms. The zero-order valence-corrected chi connectivity index (χ0v) is 20.6. The molecule has 0 bridgehead atoms. The van der Waals surface area contributed by atoms with Crippen molar-refractivity contribution in [3.05, 3.63) is 133 Å². The van der Waals surface area contributed by atoms with Crippen LogP contribution in [0.25, 0.3) is 16.9 Å². The standard InChI is InChI=1S/C29H24N4O3S/c34-37(35,28-14-8-3-9-15-28)32-30-20-25-21-33(26-12-6-2-7-13-26)31-29(25)24-16-18-27(19-17-24)36-22-23-10-4-1-5-11-23/h1-21,32H,22H2/b30-20-. The highest BCUT2D eigenvalue weighted by Crippen LogP contribution is 2.25. The molecule has 37 heavy (non-hydrogen) atoms. The number of hydrazone groups is 1. The van der Waals surface area contributed by atoms with E-state index in [0.29, 0.717) is 17.9 Å². The molecule has 0 unspecified atom stereocenters. The molecule has 0 fully saturated rings. The van der Waals surface area contributed by atoms with Crippen molar-refractivity contribution in [2.24, 2.45) is 5.10 Å². The van der Waals surface area contributed by atoms with E-state index in [2.05, 4.69) is 9.93 Å². The number of aromatic nitrogens is 2. The van der Waals surface area contributed by atoms with Gasteiger partial charge in [-0.3, -0.25) is 0 Å². The Kier molecular flexibility index (Phi) is 7.09. The van der Waals surface area contributed by atoms with Crippen LogP contribution in [0, 0.1) is 0 Å². The first-order valence-corrected chi connectivity index (χ1v) is 13.1. The lowest BCUT2D eigenvalue weighted by atomic mass is 10.1. The highest BCUT2D eigenvalue weighted by Gasteiger charge is 2.14.